The monoisotopic (exact) mass is 406 g/mol. The van der Waals surface area contributed by atoms with Crippen LogP contribution in [-0.2, 0) is 14.4 Å². The van der Waals surface area contributed by atoms with Gasteiger partial charge in [-0.25, -0.2) is 18.7 Å². The zero-order valence-corrected chi connectivity index (χ0v) is 15.6. The first kappa shape index (κ1) is 18.4. The molecule has 30 heavy (non-hydrogen) atoms. The molecule has 2 fully saturated rings. The summed E-state index contributed by atoms with van der Waals surface area (Å²) in [4.78, 5) is 33.5. The minimum Gasteiger partial charge on any atom is -0.273 e. The van der Waals surface area contributed by atoms with Crippen molar-refractivity contribution in [3.05, 3.63) is 96.1 Å². The van der Waals surface area contributed by atoms with E-state index in [0.29, 0.717) is 16.9 Å². The predicted octanol–water partition coefficient (Wildman–Crippen LogP) is 4.02. The number of nitrogens with zero attached hydrogens (tertiary/aromatic N) is 2. The molecule has 0 aromatic heterocycles. The van der Waals surface area contributed by atoms with Gasteiger partial charge in [-0.2, -0.15) is 0 Å². The molecule has 2 amide bonds. The summed E-state index contributed by atoms with van der Waals surface area (Å²) in [7, 11) is 0. The molecule has 0 radical (unpaired) electrons. The summed E-state index contributed by atoms with van der Waals surface area (Å²) in [5.41, 5.74) is 1.40. The van der Waals surface area contributed by atoms with Gasteiger partial charge in [0, 0.05) is 0 Å². The first-order valence-corrected chi connectivity index (χ1v) is 9.45. The fraction of sp³-hybridized carbons (Fsp3) is 0.130. The van der Waals surface area contributed by atoms with E-state index < -0.39 is 41.5 Å². The van der Waals surface area contributed by atoms with Crippen LogP contribution in [0.2, 0.25) is 0 Å². The third-order valence-electron chi connectivity index (χ3n) is 5.43. The van der Waals surface area contributed by atoms with Crippen molar-refractivity contribution in [2.75, 3.05) is 9.96 Å². The Bertz CT molecular complexity index is 1120. The highest BCUT2D eigenvalue weighted by atomic mass is 19.2. The number of amides is 2. The fourth-order valence-corrected chi connectivity index (χ4v) is 4.08. The summed E-state index contributed by atoms with van der Waals surface area (Å²) in [5.74, 6) is -3.84. The number of carbonyl (C=O) groups is 2. The second-order valence-corrected chi connectivity index (χ2v) is 7.18. The normalized spacial score (nSPS) is 23.2. The van der Waals surface area contributed by atoms with Gasteiger partial charge in [-0.05, 0) is 42.0 Å². The van der Waals surface area contributed by atoms with Crippen LogP contribution in [0.4, 0.5) is 20.2 Å². The quantitative estimate of drug-likeness (QED) is 0.617. The van der Waals surface area contributed by atoms with Crippen LogP contribution in [0, 0.1) is 17.6 Å². The van der Waals surface area contributed by atoms with Gasteiger partial charge in [-0.1, -0.05) is 42.5 Å². The van der Waals surface area contributed by atoms with Crippen LogP contribution in [0.5, 0.6) is 0 Å². The van der Waals surface area contributed by atoms with Crippen LogP contribution in [0.1, 0.15) is 11.6 Å². The molecular formula is C23H16F2N2O3. The molecule has 0 N–H and O–H groups in total. The Morgan fingerprint density at radius 3 is 2.00 bits per heavy atom. The Morgan fingerprint density at radius 2 is 1.37 bits per heavy atom. The van der Waals surface area contributed by atoms with Crippen molar-refractivity contribution in [3.63, 3.8) is 0 Å². The molecule has 2 aliphatic rings. The van der Waals surface area contributed by atoms with Crippen LogP contribution in [0.25, 0.3) is 0 Å². The summed E-state index contributed by atoms with van der Waals surface area (Å²) < 4.78 is 27.6. The number of hydrogen-bond acceptors (Lipinski definition) is 4. The lowest BCUT2D eigenvalue weighted by Gasteiger charge is -2.28. The van der Waals surface area contributed by atoms with E-state index in [0.717, 1.165) is 17.0 Å². The van der Waals surface area contributed by atoms with Crippen molar-refractivity contribution in [2.24, 2.45) is 5.92 Å². The molecule has 2 aliphatic heterocycles. The van der Waals surface area contributed by atoms with Crippen molar-refractivity contribution in [1.82, 2.24) is 0 Å². The van der Waals surface area contributed by atoms with Crippen molar-refractivity contribution < 1.29 is 23.2 Å². The topological polar surface area (TPSA) is 49.9 Å². The number of anilines is 2. The molecule has 2 heterocycles. The van der Waals surface area contributed by atoms with E-state index in [-0.39, 0.29) is 0 Å². The summed E-state index contributed by atoms with van der Waals surface area (Å²) in [6.45, 7) is 0. The SMILES string of the molecule is O=C1[C@@H]2[C@@H](c3ccc(F)c(F)c3)N(c3ccccc3)O[C@H]2C(=O)N1c1ccccc1. The molecule has 3 aromatic rings. The number of hydroxylamine groups is 1. The maximum atomic E-state index is 14.0. The van der Waals surface area contributed by atoms with E-state index in [1.807, 2.05) is 6.07 Å². The molecule has 0 unspecified atom stereocenters. The molecular weight excluding hydrogens is 390 g/mol. The standard InChI is InChI=1S/C23H16F2N2O3/c24-17-12-11-14(13-18(17)25)20-19-21(30-27(20)16-9-5-2-6-10-16)23(29)26(22(19)28)15-7-3-1-4-8-15/h1-13,19-21H/t19-,20-,21-/m1/s1. The van der Waals surface area contributed by atoms with Crippen molar-refractivity contribution in [2.45, 2.75) is 12.1 Å². The molecule has 3 aromatic carbocycles. The number of para-hydroxylation sites is 2. The Kier molecular flexibility index (Phi) is 4.33. The molecule has 0 aliphatic carbocycles. The summed E-state index contributed by atoms with van der Waals surface area (Å²) in [5, 5.41) is 1.44. The maximum absolute atomic E-state index is 14.0. The number of rotatable bonds is 3. The van der Waals surface area contributed by atoms with Crippen molar-refractivity contribution in [3.8, 4) is 0 Å². The summed E-state index contributed by atoms with van der Waals surface area (Å²) in [6, 6.07) is 20.2. The zero-order chi connectivity index (χ0) is 20.8. The first-order valence-electron chi connectivity index (χ1n) is 9.45. The van der Waals surface area contributed by atoms with Crippen molar-refractivity contribution in [1.29, 1.82) is 0 Å². The van der Waals surface area contributed by atoms with Gasteiger partial charge in [-0.15, -0.1) is 0 Å². The van der Waals surface area contributed by atoms with E-state index >= 15 is 0 Å². The zero-order valence-electron chi connectivity index (χ0n) is 15.6. The molecule has 5 rings (SSSR count). The molecule has 5 nitrogen and oxygen atoms in total. The molecule has 2 saturated heterocycles. The van der Waals surface area contributed by atoms with Crippen molar-refractivity contribution >= 4 is 23.2 Å². The molecule has 7 heteroatoms. The Balaban J connectivity index is 1.61. The average Bonchev–Trinajstić information content (AvgIpc) is 3.28. The highest BCUT2D eigenvalue weighted by Gasteiger charge is 2.60. The van der Waals surface area contributed by atoms with Gasteiger partial charge in [0.1, 0.15) is 5.92 Å². The highest BCUT2D eigenvalue weighted by molar-refractivity contribution is 6.23. The highest BCUT2D eigenvalue weighted by Crippen LogP contribution is 2.47. The number of fused-ring (bicyclic) bond motifs is 1. The van der Waals surface area contributed by atoms with Crippen LogP contribution in [-0.4, -0.2) is 17.9 Å². The minimum absolute atomic E-state index is 0.348. The smallest absolute Gasteiger partial charge is 0.266 e. The third kappa shape index (κ3) is 2.78. The predicted molar refractivity (Wildman–Crippen MR) is 105 cm³/mol. The second kappa shape index (κ2) is 7.03. The third-order valence-corrected chi connectivity index (χ3v) is 5.43. The summed E-state index contributed by atoms with van der Waals surface area (Å²) >= 11 is 0. The van der Waals surface area contributed by atoms with Gasteiger partial charge in [0.15, 0.2) is 17.7 Å². The lowest BCUT2D eigenvalue weighted by atomic mass is 9.90. The number of halogens is 2. The van der Waals surface area contributed by atoms with Gasteiger partial charge in [0.05, 0.1) is 17.4 Å². The fourth-order valence-electron chi connectivity index (χ4n) is 4.08. The number of carbonyl (C=O) groups excluding carboxylic acids is 2. The van der Waals surface area contributed by atoms with Gasteiger partial charge in [-0.3, -0.25) is 14.4 Å². The molecule has 150 valence electrons. The number of hydrogen-bond donors (Lipinski definition) is 0. The molecule has 0 spiro atoms. The van der Waals surface area contributed by atoms with E-state index in [2.05, 4.69) is 0 Å². The lowest BCUT2D eigenvalue weighted by molar-refractivity contribution is -0.126. The second-order valence-electron chi connectivity index (χ2n) is 7.18. The van der Waals surface area contributed by atoms with Gasteiger partial charge >= 0.3 is 0 Å². The molecule has 3 atom stereocenters. The van der Waals surface area contributed by atoms with E-state index in [4.69, 9.17) is 4.84 Å². The van der Waals surface area contributed by atoms with E-state index in [1.165, 1.54) is 11.1 Å². The average molecular weight is 406 g/mol. The van der Waals surface area contributed by atoms with Crippen LogP contribution >= 0.6 is 0 Å². The Morgan fingerprint density at radius 1 is 0.733 bits per heavy atom. The summed E-state index contributed by atoms with van der Waals surface area (Å²) in [6.07, 6.45) is -1.06. The van der Waals surface area contributed by atoms with Gasteiger partial charge in [0.2, 0.25) is 5.91 Å². The van der Waals surface area contributed by atoms with Crippen LogP contribution in [0.15, 0.2) is 78.9 Å². The Hall–Kier alpha value is -3.58. The maximum Gasteiger partial charge on any atom is 0.266 e. The van der Waals surface area contributed by atoms with Crippen LogP contribution < -0.4 is 9.96 Å². The van der Waals surface area contributed by atoms with E-state index in [9.17, 15) is 18.4 Å². The number of imide groups is 1. The first-order chi connectivity index (χ1) is 14.6. The Labute approximate surface area is 171 Å². The van der Waals surface area contributed by atoms with E-state index in [1.54, 1.807) is 54.6 Å². The lowest BCUT2D eigenvalue weighted by Crippen LogP contribution is -2.37. The van der Waals surface area contributed by atoms with Gasteiger partial charge < -0.3 is 0 Å². The number of benzene rings is 3. The molecule has 0 bridgehead atoms. The largest absolute Gasteiger partial charge is 0.273 e. The molecule has 0 saturated carbocycles. The van der Waals surface area contributed by atoms with Gasteiger partial charge in [0.25, 0.3) is 5.91 Å². The van der Waals surface area contributed by atoms with Crippen LogP contribution in [0.3, 0.4) is 0 Å². The minimum atomic E-state index is -1.06.